The first kappa shape index (κ1) is 23.6. The van der Waals surface area contributed by atoms with Crippen molar-refractivity contribution in [2.24, 2.45) is 0 Å². The fourth-order valence-corrected chi connectivity index (χ4v) is 1.91. The SMILES string of the molecule is C=CCN(C)CC=C.C=CCN(CC=C)CN(CC=C)CC=C. The van der Waals surface area contributed by atoms with Crippen LogP contribution in [0, 0.1) is 0 Å². The average Bonchev–Trinajstić information content (AvgIpc) is 2.49. The van der Waals surface area contributed by atoms with Gasteiger partial charge in [0.25, 0.3) is 0 Å². The Kier molecular flexibility index (Phi) is 18.8. The average molecular weight is 318 g/mol. The Balaban J connectivity index is 0. The van der Waals surface area contributed by atoms with Crippen molar-refractivity contribution < 1.29 is 0 Å². The van der Waals surface area contributed by atoms with Crippen molar-refractivity contribution in [2.45, 2.75) is 0 Å². The van der Waals surface area contributed by atoms with Crippen molar-refractivity contribution >= 4 is 0 Å². The Morgan fingerprint density at radius 2 is 0.783 bits per heavy atom. The largest absolute Gasteiger partial charge is 0.299 e. The van der Waals surface area contributed by atoms with Crippen molar-refractivity contribution in [3.05, 3.63) is 75.9 Å². The zero-order valence-electron chi connectivity index (χ0n) is 15.0. The minimum atomic E-state index is 0.872. The second kappa shape index (κ2) is 18.4. The van der Waals surface area contributed by atoms with Gasteiger partial charge in [-0.05, 0) is 7.05 Å². The van der Waals surface area contributed by atoms with Crippen LogP contribution < -0.4 is 0 Å². The molecule has 0 spiro atoms. The van der Waals surface area contributed by atoms with Crippen LogP contribution in [0.3, 0.4) is 0 Å². The molecule has 0 radical (unpaired) electrons. The lowest BCUT2D eigenvalue weighted by Crippen LogP contribution is -2.38. The molecule has 130 valence electrons. The van der Waals surface area contributed by atoms with Gasteiger partial charge < -0.3 is 0 Å². The highest BCUT2D eigenvalue weighted by Gasteiger charge is 2.06. The second-order valence-electron chi connectivity index (χ2n) is 5.17. The summed E-state index contributed by atoms with van der Waals surface area (Å²) in [6, 6.07) is 0. The quantitative estimate of drug-likeness (QED) is 0.358. The number of nitrogens with zero attached hydrogens (tertiary/aromatic N) is 3. The third-order valence-corrected chi connectivity index (χ3v) is 2.83. The Morgan fingerprint density at radius 1 is 0.522 bits per heavy atom. The smallest absolute Gasteiger partial charge is 0.0518 e. The van der Waals surface area contributed by atoms with E-state index in [1.165, 1.54) is 0 Å². The van der Waals surface area contributed by atoms with E-state index < -0.39 is 0 Å². The minimum absolute atomic E-state index is 0.872. The van der Waals surface area contributed by atoms with Crippen molar-refractivity contribution in [2.75, 3.05) is 53.0 Å². The molecule has 0 fully saturated rings. The van der Waals surface area contributed by atoms with E-state index >= 15 is 0 Å². The predicted molar refractivity (Wildman–Crippen MR) is 107 cm³/mol. The lowest BCUT2D eigenvalue weighted by Gasteiger charge is -2.27. The molecule has 0 aromatic rings. The third kappa shape index (κ3) is 16.5. The first-order valence-corrected chi connectivity index (χ1v) is 7.88. The van der Waals surface area contributed by atoms with E-state index in [2.05, 4.69) is 54.2 Å². The summed E-state index contributed by atoms with van der Waals surface area (Å²) in [7, 11) is 2.03. The second-order valence-corrected chi connectivity index (χ2v) is 5.17. The fraction of sp³-hybridized carbons (Fsp3) is 0.400. The Bertz CT molecular complexity index is 295. The molecule has 0 aliphatic heterocycles. The summed E-state index contributed by atoms with van der Waals surface area (Å²) < 4.78 is 0. The van der Waals surface area contributed by atoms with Gasteiger partial charge in [-0.3, -0.25) is 14.7 Å². The molecule has 23 heavy (non-hydrogen) atoms. The fourth-order valence-electron chi connectivity index (χ4n) is 1.91. The molecule has 0 aliphatic carbocycles. The molecule has 0 N–H and O–H groups in total. The maximum absolute atomic E-state index is 3.75. The lowest BCUT2D eigenvalue weighted by molar-refractivity contribution is 0.179. The van der Waals surface area contributed by atoms with E-state index in [1.54, 1.807) is 0 Å². The van der Waals surface area contributed by atoms with Crippen LogP contribution in [0.2, 0.25) is 0 Å². The molecule has 0 bridgehead atoms. The molecular formula is C20H35N3. The van der Waals surface area contributed by atoms with Crippen molar-refractivity contribution in [3.8, 4) is 0 Å². The zero-order chi connectivity index (χ0) is 17.9. The van der Waals surface area contributed by atoms with E-state index in [0.29, 0.717) is 0 Å². The van der Waals surface area contributed by atoms with Gasteiger partial charge in [-0.1, -0.05) is 36.5 Å². The molecule has 0 aromatic carbocycles. The highest BCUT2D eigenvalue weighted by atomic mass is 15.3. The third-order valence-electron chi connectivity index (χ3n) is 2.83. The number of rotatable bonds is 14. The van der Waals surface area contributed by atoms with Crippen LogP contribution in [0.15, 0.2) is 75.9 Å². The van der Waals surface area contributed by atoms with Gasteiger partial charge in [-0.15, -0.1) is 39.5 Å². The van der Waals surface area contributed by atoms with E-state index in [1.807, 2.05) is 43.5 Å². The molecule has 0 aromatic heterocycles. The normalized spacial score (nSPS) is 9.91. The molecule has 0 unspecified atom stereocenters. The first-order valence-electron chi connectivity index (χ1n) is 7.88. The topological polar surface area (TPSA) is 9.72 Å². The van der Waals surface area contributed by atoms with Gasteiger partial charge in [0.1, 0.15) is 0 Å². The van der Waals surface area contributed by atoms with Crippen LogP contribution in [0.5, 0.6) is 0 Å². The maximum Gasteiger partial charge on any atom is 0.0518 e. The van der Waals surface area contributed by atoms with Crippen LogP contribution in [-0.2, 0) is 0 Å². The minimum Gasteiger partial charge on any atom is -0.299 e. The van der Waals surface area contributed by atoms with Crippen LogP contribution >= 0.6 is 0 Å². The van der Waals surface area contributed by atoms with E-state index in [4.69, 9.17) is 0 Å². The summed E-state index contributed by atoms with van der Waals surface area (Å²) in [5, 5.41) is 0. The molecule has 3 heteroatoms. The monoisotopic (exact) mass is 317 g/mol. The summed E-state index contributed by atoms with van der Waals surface area (Å²) in [6.07, 6.45) is 11.4. The molecule has 0 atom stereocenters. The van der Waals surface area contributed by atoms with Gasteiger partial charge >= 0.3 is 0 Å². The van der Waals surface area contributed by atoms with E-state index in [0.717, 1.165) is 45.9 Å². The maximum atomic E-state index is 3.75. The Morgan fingerprint density at radius 3 is 1.00 bits per heavy atom. The molecule has 0 aliphatic rings. The van der Waals surface area contributed by atoms with Crippen molar-refractivity contribution in [1.29, 1.82) is 0 Å². The van der Waals surface area contributed by atoms with Gasteiger partial charge in [-0.25, -0.2) is 0 Å². The standard InChI is InChI=1S/C13H22N2.C7H13N/c1-5-9-14(10-6-2)13-15(11-7-3)12-8-4;1-4-6-8(3)7-5-2/h5-8H,1-4,9-13H2;4-5H,1-2,6-7H2,3H3. The van der Waals surface area contributed by atoms with Gasteiger partial charge in [0.15, 0.2) is 0 Å². The predicted octanol–water partition coefficient (Wildman–Crippen LogP) is 3.58. The summed E-state index contributed by atoms with van der Waals surface area (Å²) in [6.45, 7) is 28.4. The van der Waals surface area contributed by atoms with E-state index in [9.17, 15) is 0 Å². The molecule has 0 heterocycles. The highest BCUT2D eigenvalue weighted by Crippen LogP contribution is 1.96. The molecule has 0 saturated carbocycles. The molecule has 3 nitrogen and oxygen atoms in total. The zero-order valence-corrected chi connectivity index (χ0v) is 15.0. The van der Waals surface area contributed by atoms with Gasteiger partial charge in [0, 0.05) is 39.3 Å². The summed E-state index contributed by atoms with van der Waals surface area (Å²) >= 11 is 0. The van der Waals surface area contributed by atoms with Gasteiger partial charge in [-0.2, -0.15) is 0 Å². The van der Waals surface area contributed by atoms with Crippen LogP contribution in [0.1, 0.15) is 0 Å². The van der Waals surface area contributed by atoms with Crippen LogP contribution in [0.4, 0.5) is 0 Å². The summed E-state index contributed by atoms with van der Waals surface area (Å²) in [5.41, 5.74) is 0. The molecule has 0 rings (SSSR count). The lowest BCUT2D eigenvalue weighted by atomic mass is 10.4. The summed E-state index contributed by atoms with van der Waals surface area (Å²) in [4.78, 5) is 6.64. The number of hydrogen-bond acceptors (Lipinski definition) is 3. The van der Waals surface area contributed by atoms with Gasteiger partial charge in [0.2, 0.25) is 0 Å². The number of likely N-dealkylation sites (N-methyl/N-ethyl adjacent to an activating group) is 1. The highest BCUT2D eigenvalue weighted by molar-refractivity contribution is 4.84. The van der Waals surface area contributed by atoms with Crippen LogP contribution in [0.25, 0.3) is 0 Å². The van der Waals surface area contributed by atoms with Crippen LogP contribution in [-0.4, -0.2) is 67.7 Å². The summed E-state index contributed by atoms with van der Waals surface area (Å²) in [5.74, 6) is 0. The molecule has 0 saturated heterocycles. The Hall–Kier alpha value is -1.68. The number of hydrogen-bond donors (Lipinski definition) is 0. The molecule has 0 amide bonds. The van der Waals surface area contributed by atoms with Crippen molar-refractivity contribution in [1.82, 2.24) is 14.7 Å². The van der Waals surface area contributed by atoms with E-state index in [-0.39, 0.29) is 0 Å². The van der Waals surface area contributed by atoms with Crippen molar-refractivity contribution in [3.63, 3.8) is 0 Å². The first-order chi connectivity index (χ1) is 11.1. The van der Waals surface area contributed by atoms with Gasteiger partial charge in [0.05, 0.1) is 6.67 Å². The molecular weight excluding hydrogens is 282 g/mol. The Labute approximate surface area is 144 Å².